The third kappa shape index (κ3) is 7.38. The lowest BCUT2D eigenvalue weighted by molar-refractivity contribution is -0.136. The van der Waals surface area contributed by atoms with Crippen LogP contribution < -0.4 is 10.6 Å². The SMILES string of the molecule is COC(=O)N[C@H](C(=O)N1CCC[C@H]1c1ncc(C23CCC(c4ccc(-c5cnc([C@@H]6CCCN6C(=O)[C@H](NC(=O)OC)C(C)C)[nH]5)cc4)(CC2)CC3)[nH]1)C(C)C. The number of nitrogens with one attached hydrogen (secondary N) is 4. The molecular weight excluding hydrogens is 713 g/mol. The van der Waals surface area contributed by atoms with Crippen LogP contribution >= 0.6 is 0 Å². The van der Waals surface area contributed by atoms with Crippen molar-refractivity contribution in [3.63, 3.8) is 0 Å². The molecule has 2 aromatic heterocycles. The normalized spacial score (nSPS) is 25.7. The van der Waals surface area contributed by atoms with Gasteiger partial charge in [0, 0.05) is 30.4 Å². The average molecular weight is 771 g/mol. The van der Waals surface area contributed by atoms with E-state index < -0.39 is 24.3 Å². The Labute approximate surface area is 329 Å². The van der Waals surface area contributed by atoms with Crippen LogP contribution in [0.4, 0.5) is 9.59 Å². The standard InChI is InChI=1S/C42H58N8O6/c1-25(2)33(47-39(53)55-5)37(51)49-21-7-9-30(49)35-43-23-29(45-35)27-11-13-28(14-12-27)41-15-18-42(19-16-41,20-17-41)32-24-44-36(46-32)31-10-8-22-50(31)38(52)34(26(3)4)48-40(54)56-6/h11-14,23-26,30-31,33-34H,7-10,15-22H2,1-6H3,(H,43,45)(H,44,46)(H,47,53)(H,48,54)/t30-,31-,33+,34-,41?,42?/m0/s1. The number of amides is 4. The molecule has 4 atom stereocenters. The van der Waals surface area contributed by atoms with Crippen LogP contribution in [0.3, 0.4) is 0 Å². The number of carbonyl (C=O) groups excluding carboxylic acids is 4. The van der Waals surface area contributed by atoms with Gasteiger partial charge in [-0.25, -0.2) is 19.6 Å². The first-order valence-corrected chi connectivity index (χ1v) is 20.4. The highest BCUT2D eigenvalue weighted by Crippen LogP contribution is 2.58. The molecule has 14 heteroatoms. The Hall–Kier alpha value is -4.88. The zero-order chi connectivity index (χ0) is 39.8. The number of hydrogen-bond acceptors (Lipinski definition) is 8. The highest BCUT2D eigenvalue weighted by molar-refractivity contribution is 5.87. The van der Waals surface area contributed by atoms with Crippen LogP contribution in [0.2, 0.25) is 0 Å². The summed E-state index contributed by atoms with van der Waals surface area (Å²) in [6, 6.07) is 7.28. The van der Waals surface area contributed by atoms with Gasteiger partial charge in [-0.15, -0.1) is 0 Å². The summed E-state index contributed by atoms with van der Waals surface area (Å²) in [5, 5.41) is 5.45. The van der Waals surface area contributed by atoms with E-state index in [1.54, 1.807) is 0 Å². The maximum Gasteiger partial charge on any atom is 0.407 e. The minimum atomic E-state index is -0.673. The van der Waals surface area contributed by atoms with Crippen LogP contribution in [0.25, 0.3) is 11.3 Å². The molecule has 56 heavy (non-hydrogen) atoms. The van der Waals surface area contributed by atoms with Crippen LogP contribution in [-0.4, -0.2) is 93.1 Å². The Morgan fingerprint density at radius 3 is 1.64 bits per heavy atom. The fraction of sp³-hybridized carbons (Fsp3) is 0.619. The van der Waals surface area contributed by atoms with Crippen molar-refractivity contribution in [2.24, 2.45) is 11.8 Å². The maximum absolute atomic E-state index is 13.7. The van der Waals surface area contributed by atoms with Crippen molar-refractivity contribution in [3.05, 3.63) is 59.6 Å². The first-order chi connectivity index (χ1) is 26.9. The Kier molecular flexibility index (Phi) is 11.2. The summed E-state index contributed by atoms with van der Waals surface area (Å²) in [5.41, 5.74) is 4.73. The molecule has 3 aromatic rings. The highest BCUT2D eigenvalue weighted by Gasteiger charge is 2.51. The molecule has 4 heterocycles. The Bertz CT molecular complexity index is 1880. The predicted molar refractivity (Wildman–Crippen MR) is 209 cm³/mol. The number of aromatic nitrogens is 4. The van der Waals surface area contributed by atoms with Crippen molar-refractivity contribution in [1.82, 2.24) is 40.4 Å². The third-order valence-corrected chi connectivity index (χ3v) is 13.3. The Morgan fingerprint density at radius 1 is 0.696 bits per heavy atom. The van der Waals surface area contributed by atoms with Gasteiger partial charge in [0.15, 0.2) is 0 Å². The topological polar surface area (TPSA) is 175 Å². The van der Waals surface area contributed by atoms with Gasteiger partial charge in [-0.1, -0.05) is 52.0 Å². The van der Waals surface area contributed by atoms with Crippen molar-refractivity contribution in [1.29, 1.82) is 0 Å². The number of nitrogens with zero attached hydrogens (tertiary/aromatic N) is 4. The van der Waals surface area contributed by atoms with Crippen LogP contribution in [0, 0.1) is 11.8 Å². The van der Waals surface area contributed by atoms with Crippen molar-refractivity contribution in [2.75, 3.05) is 27.3 Å². The highest BCUT2D eigenvalue weighted by atomic mass is 16.5. The van der Waals surface area contributed by atoms with E-state index in [-0.39, 0.29) is 46.6 Å². The lowest BCUT2D eigenvalue weighted by Crippen LogP contribution is -2.51. The number of carbonyl (C=O) groups is 4. The van der Waals surface area contributed by atoms with E-state index in [0.29, 0.717) is 13.1 Å². The van der Waals surface area contributed by atoms with Gasteiger partial charge in [-0.3, -0.25) is 9.59 Å². The largest absolute Gasteiger partial charge is 0.453 e. The number of methoxy groups -OCH3 is 2. The van der Waals surface area contributed by atoms with Gasteiger partial charge in [0.2, 0.25) is 11.8 Å². The molecule has 3 aliphatic carbocycles. The summed E-state index contributed by atoms with van der Waals surface area (Å²) in [5.74, 6) is 1.21. The quantitative estimate of drug-likeness (QED) is 0.173. The molecule has 2 saturated heterocycles. The molecule has 1 aromatic carbocycles. The van der Waals surface area contributed by atoms with Gasteiger partial charge in [0.25, 0.3) is 0 Å². The Balaban J connectivity index is 0.994. The summed E-state index contributed by atoms with van der Waals surface area (Å²) < 4.78 is 9.57. The summed E-state index contributed by atoms with van der Waals surface area (Å²) in [6.45, 7) is 8.93. The number of aromatic amines is 2. The molecule has 8 rings (SSSR count). The number of fused-ring (bicyclic) bond motifs is 3. The fourth-order valence-corrected chi connectivity index (χ4v) is 9.84. The fourth-order valence-electron chi connectivity index (χ4n) is 9.84. The van der Waals surface area contributed by atoms with Crippen LogP contribution in [0.15, 0.2) is 36.7 Å². The molecule has 14 nitrogen and oxygen atoms in total. The molecule has 5 aliphatic rings. The molecule has 0 spiro atoms. The first-order valence-electron chi connectivity index (χ1n) is 20.4. The molecule has 2 bridgehead atoms. The van der Waals surface area contributed by atoms with E-state index >= 15 is 0 Å². The number of H-pyrrole nitrogens is 2. The van der Waals surface area contributed by atoms with Crippen LogP contribution in [0.5, 0.6) is 0 Å². The molecule has 4 amide bonds. The van der Waals surface area contributed by atoms with E-state index in [0.717, 1.165) is 87.1 Å². The average Bonchev–Trinajstić information content (AvgIpc) is 4.06. The summed E-state index contributed by atoms with van der Waals surface area (Å²) >= 11 is 0. The van der Waals surface area contributed by atoms with Crippen molar-refractivity contribution >= 4 is 24.0 Å². The van der Waals surface area contributed by atoms with Gasteiger partial charge < -0.3 is 39.9 Å². The zero-order valence-electron chi connectivity index (χ0n) is 33.7. The molecular formula is C42H58N8O6. The lowest BCUT2D eigenvalue weighted by Gasteiger charge is -2.53. The number of imidazole rings is 2. The number of hydrogen-bond donors (Lipinski definition) is 4. The van der Waals surface area contributed by atoms with Gasteiger partial charge in [0.05, 0.1) is 38.2 Å². The zero-order valence-corrected chi connectivity index (χ0v) is 33.7. The van der Waals surface area contributed by atoms with E-state index in [2.05, 4.69) is 44.9 Å². The molecule has 4 N–H and O–H groups in total. The summed E-state index contributed by atoms with van der Waals surface area (Å²) in [7, 11) is 2.61. The summed E-state index contributed by atoms with van der Waals surface area (Å²) in [6.07, 6.45) is 12.6. The van der Waals surface area contributed by atoms with Crippen molar-refractivity contribution < 1.29 is 28.7 Å². The minimum absolute atomic E-state index is 0.0552. The monoisotopic (exact) mass is 770 g/mol. The van der Waals surface area contributed by atoms with Crippen LogP contribution in [-0.2, 0) is 29.9 Å². The number of rotatable bonds is 11. The molecule has 302 valence electrons. The van der Waals surface area contributed by atoms with E-state index in [1.165, 1.54) is 25.5 Å². The predicted octanol–water partition coefficient (Wildman–Crippen LogP) is 6.43. The van der Waals surface area contributed by atoms with Gasteiger partial charge >= 0.3 is 12.2 Å². The summed E-state index contributed by atoms with van der Waals surface area (Å²) in [4.78, 5) is 71.8. The Morgan fingerprint density at radius 2 is 1.16 bits per heavy atom. The molecule has 5 fully saturated rings. The second-order valence-electron chi connectivity index (χ2n) is 17.1. The molecule has 0 radical (unpaired) electrons. The minimum Gasteiger partial charge on any atom is -0.453 e. The van der Waals surface area contributed by atoms with Crippen molar-refractivity contribution in [3.8, 4) is 11.3 Å². The van der Waals surface area contributed by atoms with Gasteiger partial charge in [-0.05, 0) is 92.6 Å². The number of likely N-dealkylation sites (tertiary alicyclic amines) is 2. The van der Waals surface area contributed by atoms with E-state index in [1.807, 2.05) is 49.9 Å². The molecule has 2 aliphatic heterocycles. The first kappa shape index (κ1) is 39.4. The van der Waals surface area contributed by atoms with E-state index in [4.69, 9.17) is 19.4 Å². The van der Waals surface area contributed by atoms with Gasteiger partial charge in [0.1, 0.15) is 23.7 Å². The number of alkyl carbamates (subject to hydrolysis) is 2. The lowest BCUT2D eigenvalue weighted by atomic mass is 9.51. The third-order valence-electron chi connectivity index (χ3n) is 13.3. The second kappa shape index (κ2) is 15.9. The second-order valence-corrected chi connectivity index (χ2v) is 17.1. The van der Waals surface area contributed by atoms with E-state index in [9.17, 15) is 19.2 Å². The maximum atomic E-state index is 13.7. The number of ether oxygens (including phenoxy) is 2. The molecule has 3 saturated carbocycles. The molecule has 0 unspecified atom stereocenters. The number of benzene rings is 1. The van der Waals surface area contributed by atoms with Gasteiger partial charge in [-0.2, -0.15) is 0 Å². The van der Waals surface area contributed by atoms with Crippen molar-refractivity contribution in [2.45, 2.75) is 127 Å². The smallest absolute Gasteiger partial charge is 0.407 e. The van der Waals surface area contributed by atoms with Crippen LogP contribution in [0.1, 0.15) is 127 Å².